The van der Waals surface area contributed by atoms with E-state index in [-0.39, 0.29) is 6.04 Å². The molecule has 112 valence electrons. The van der Waals surface area contributed by atoms with Crippen LogP contribution in [0.15, 0.2) is 36.7 Å². The minimum atomic E-state index is 0.174. The van der Waals surface area contributed by atoms with Crippen LogP contribution in [0.5, 0.6) is 0 Å². The van der Waals surface area contributed by atoms with E-state index in [1.54, 1.807) is 6.20 Å². The monoisotopic (exact) mass is 284 g/mol. The number of nitrogens with one attached hydrogen (secondary N) is 1. The molecule has 2 heterocycles. The zero-order chi connectivity index (χ0) is 15.1. The predicted octanol–water partition coefficient (Wildman–Crippen LogP) is 2.90. The number of nitrogens with zero attached hydrogens (tertiary/aromatic N) is 2. The van der Waals surface area contributed by atoms with Crippen LogP contribution in [0.4, 0.5) is 5.82 Å². The van der Waals surface area contributed by atoms with Crippen LogP contribution in [0.3, 0.4) is 0 Å². The van der Waals surface area contributed by atoms with Crippen molar-refractivity contribution in [3.8, 4) is 0 Å². The lowest BCUT2D eigenvalue weighted by Crippen LogP contribution is -2.26. The van der Waals surface area contributed by atoms with Gasteiger partial charge in [-0.1, -0.05) is 26.0 Å². The van der Waals surface area contributed by atoms with Crippen molar-refractivity contribution < 1.29 is 0 Å². The van der Waals surface area contributed by atoms with Crippen molar-refractivity contribution >= 4 is 5.82 Å². The van der Waals surface area contributed by atoms with E-state index in [1.807, 2.05) is 24.4 Å². The molecule has 0 saturated heterocycles. The van der Waals surface area contributed by atoms with Crippen LogP contribution in [0.2, 0.25) is 0 Å². The highest BCUT2D eigenvalue weighted by atomic mass is 14.9. The molecule has 0 aliphatic heterocycles. The Bertz CT molecular complexity index is 568. The Kier molecular flexibility index (Phi) is 5.69. The highest BCUT2D eigenvalue weighted by Gasteiger charge is 2.17. The smallest absolute Gasteiger partial charge is 0.126 e. The van der Waals surface area contributed by atoms with Crippen molar-refractivity contribution in [3.63, 3.8) is 0 Å². The van der Waals surface area contributed by atoms with Crippen molar-refractivity contribution in [2.75, 3.05) is 12.3 Å². The van der Waals surface area contributed by atoms with E-state index in [0.717, 1.165) is 37.1 Å². The first-order chi connectivity index (χ1) is 10.3. The molecule has 0 aliphatic carbocycles. The van der Waals surface area contributed by atoms with Crippen LogP contribution >= 0.6 is 0 Å². The quantitative estimate of drug-likeness (QED) is 0.820. The van der Waals surface area contributed by atoms with Crippen molar-refractivity contribution in [2.45, 2.75) is 39.2 Å². The molecular formula is C17H24N4. The molecule has 0 aliphatic rings. The van der Waals surface area contributed by atoms with Crippen molar-refractivity contribution in [3.05, 3.63) is 53.5 Å². The SMILES string of the molecule is CCCNC(Cc1cccnc1N)c1ncccc1CC. The number of aromatic nitrogens is 2. The van der Waals surface area contributed by atoms with E-state index in [1.165, 1.54) is 5.56 Å². The van der Waals surface area contributed by atoms with Gasteiger partial charge in [-0.15, -0.1) is 0 Å². The van der Waals surface area contributed by atoms with Crippen molar-refractivity contribution in [2.24, 2.45) is 0 Å². The molecule has 4 heteroatoms. The van der Waals surface area contributed by atoms with Gasteiger partial charge >= 0.3 is 0 Å². The van der Waals surface area contributed by atoms with Gasteiger partial charge in [-0.3, -0.25) is 4.98 Å². The van der Waals surface area contributed by atoms with E-state index in [9.17, 15) is 0 Å². The fraction of sp³-hybridized carbons (Fsp3) is 0.412. The standard InChI is InChI=1S/C17H24N4/c1-3-9-19-15(12-14-8-6-11-21-17(14)18)16-13(4-2)7-5-10-20-16/h5-8,10-11,15,19H,3-4,9,12H2,1-2H3,(H2,18,21). The van der Waals surface area contributed by atoms with Crippen molar-refractivity contribution in [1.82, 2.24) is 15.3 Å². The lowest BCUT2D eigenvalue weighted by Gasteiger charge is -2.21. The summed E-state index contributed by atoms with van der Waals surface area (Å²) in [6.45, 7) is 5.29. The first-order valence-electron chi connectivity index (χ1n) is 7.62. The third-order valence-electron chi connectivity index (χ3n) is 3.63. The average molecular weight is 284 g/mol. The summed E-state index contributed by atoms with van der Waals surface area (Å²) >= 11 is 0. The normalized spacial score (nSPS) is 12.3. The van der Waals surface area contributed by atoms with E-state index in [4.69, 9.17) is 5.73 Å². The molecule has 0 spiro atoms. The van der Waals surface area contributed by atoms with Gasteiger partial charge in [0.2, 0.25) is 0 Å². The first-order valence-corrected chi connectivity index (χ1v) is 7.62. The van der Waals surface area contributed by atoms with E-state index >= 15 is 0 Å². The summed E-state index contributed by atoms with van der Waals surface area (Å²) in [5, 5.41) is 3.59. The molecule has 0 fully saturated rings. The van der Waals surface area contributed by atoms with Gasteiger partial charge in [0.15, 0.2) is 0 Å². The van der Waals surface area contributed by atoms with Gasteiger partial charge in [0.25, 0.3) is 0 Å². The number of anilines is 1. The molecule has 2 aromatic heterocycles. The molecule has 21 heavy (non-hydrogen) atoms. The van der Waals surface area contributed by atoms with Crippen molar-refractivity contribution in [1.29, 1.82) is 0 Å². The molecule has 1 unspecified atom stereocenters. The second-order valence-electron chi connectivity index (χ2n) is 5.16. The molecule has 0 saturated carbocycles. The molecule has 2 rings (SSSR count). The fourth-order valence-electron chi connectivity index (χ4n) is 2.49. The molecular weight excluding hydrogens is 260 g/mol. The maximum absolute atomic E-state index is 5.99. The Morgan fingerprint density at radius 1 is 1.10 bits per heavy atom. The van der Waals surface area contributed by atoms with Crippen LogP contribution in [0, 0.1) is 0 Å². The number of aryl methyl sites for hydroxylation is 1. The number of nitrogen functional groups attached to an aromatic ring is 1. The third-order valence-corrected chi connectivity index (χ3v) is 3.63. The minimum Gasteiger partial charge on any atom is -0.383 e. The highest BCUT2D eigenvalue weighted by Crippen LogP contribution is 2.22. The molecule has 4 nitrogen and oxygen atoms in total. The maximum Gasteiger partial charge on any atom is 0.126 e. The highest BCUT2D eigenvalue weighted by molar-refractivity contribution is 5.40. The Morgan fingerprint density at radius 3 is 2.48 bits per heavy atom. The topological polar surface area (TPSA) is 63.8 Å². The summed E-state index contributed by atoms with van der Waals surface area (Å²) in [5.74, 6) is 0.606. The Morgan fingerprint density at radius 2 is 1.81 bits per heavy atom. The Labute approximate surface area is 126 Å². The van der Waals surface area contributed by atoms with Gasteiger partial charge in [-0.05, 0) is 49.1 Å². The lowest BCUT2D eigenvalue weighted by atomic mass is 9.98. The molecule has 0 aromatic carbocycles. The van der Waals surface area contributed by atoms with Gasteiger partial charge in [-0.2, -0.15) is 0 Å². The van der Waals surface area contributed by atoms with Crippen LogP contribution in [-0.2, 0) is 12.8 Å². The average Bonchev–Trinajstić information content (AvgIpc) is 2.53. The third kappa shape index (κ3) is 4.02. The largest absolute Gasteiger partial charge is 0.383 e. The summed E-state index contributed by atoms with van der Waals surface area (Å²) in [6, 6.07) is 8.29. The van der Waals surface area contributed by atoms with Gasteiger partial charge in [0.1, 0.15) is 5.82 Å². The number of hydrogen-bond acceptors (Lipinski definition) is 4. The second-order valence-corrected chi connectivity index (χ2v) is 5.16. The molecule has 0 bridgehead atoms. The van der Waals surface area contributed by atoms with Gasteiger partial charge in [-0.25, -0.2) is 4.98 Å². The second kappa shape index (κ2) is 7.74. The number of hydrogen-bond donors (Lipinski definition) is 2. The summed E-state index contributed by atoms with van der Waals surface area (Å²) < 4.78 is 0. The number of rotatable bonds is 7. The summed E-state index contributed by atoms with van der Waals surface area (Å²) in [6.07, 6.45) is 6.47. The van der Waals surface area contributed by atoms with Crippen LogP contribution in [0.25, 0.3) is 0 Å². The zero-order valence-electron chi connectivity index (χ0n) is 12.8. The minimum absolute atomic E-state index is 0.174. The van der Waals surface area contributed by atoms with Gasteiger partial charge in [0.05, 0.1) is 11.7 Å². The lowest BCUT2D eigenvalue weighted by molar-refractivity contribution is 0.514. The van der Waals surface area contributed by atoms with Gasteiger partial charge in [0, 0.05) is 12.4 Å². The van der Waals surface area contributed by atoms with Crippen LogP contribution < -0.4 is 11.1 Å². The van der Waals surface area contributed by atoms with Crippen LogP contribution in [-0.4, -0.2) is 16.5 Å². The van der Waals surface area contributed by atoms with Crippen LogP contribution in [0.1, 0.15) is 43.1 Å². The number of nitrogens with two attached hydrogens (primary N) is 1. The summed E-state index contributed by atoms with van der Waals surface area (Å²) in [7, 11) is 0. The molecule has 1 atom stereocenters. The first kappa shape index (κ1) is 15.4. The number of pyridine rings is 2. The summed E-state index contributed by atoms with van der Waals surface area (Å²) in [5.41, 5.74) is 9.46. The maximum atomic E-state index is 5.99. The fourth-order valence-corrected chi connectivity index (χ4v) is 2.49. The molecule has 3 N–H and O–H groups in total. The van der Waals surface area contributed by atoms with E-state index in [0.29, 0.717) is 5.82 Å². The van der Waals surface area contributed by atoms with E-state index < -0.39 is 0 Å². The molecule has 0 radical (unpaired) electrons. The predicted molar refractivity (Wildman–Crippen MR) is 87.0 cm³/mol. The molecule has 2 aromatic rings. The zero-order valence-corrected chi connectivity index (χ0v) is 12.8. The Balaban J connectivity index is 2.28. The summed E-state index contributed by atoms with van der Waals surface area (Å²) in [4.78, 5) is 8.78. The van der Waals surface area contributed by atoms with E-state index in [2.05, 4.69) is 35.2 Å². The molecule has 0 amide bonds. The van der Waals surface area contributed by atoms with Gasteiger partial charge < -0.3 is 11.1 Å². The Hall–Kier alpha value is -1.94.